The first kappa shape index (κ1) is 14.0. The van der Waals surface area contributed by atoms with Crippen LogP contribution in [0, 0.1) is 40.4 Å². The smallest absolute Gasteiger partial charge is 0.155 e. The molecule has 0 aliphatic heterocycles. The van der Waals surface area contributed by atoms with Gasteiger partial charge >= 0.3 is 0 Å². The summed E-state index contributed by atoms with van der Waals surface area (Å²) in [6, 6.07) is 8.15. The molecule has 1 aromatic rings. The second kappa shape index (κ2) is 6.06. The Kier molecular flexibility index (Phi) is 4.73. The maximum Gasteiger partial charge on any atom is 0.155 e. The zero-order valence-electron chi connectivity index (χ0n) is 10.3. The first-order valence-corrected chi connectivity index (χ1v) is 6.41. The number of hydrogen-bond acceptors (Lipinski definition) is 3. The van der Waals surface area contributed by atoms with Crippen molar-refractivity contribution in [3.05, 3.63) is 34.5 Å². The first-order chi connectivity index (χ1) is 8.59. The predicted molar refractivity (Wildman–Crippen MR) is 73.6 cm³/mol. The van der Waals surface area contributed by atoms with Crippen molar-refractivity contribution in [1.29, 1.82) is 10.5 Å². The maximum absolute atomic E-state index is 9.44. The monoisotopic (exact) mass is 254 g/mol. The van der Waals surface area contributed by atoms with Gasteiger partial charge in [-0.2, -0.15) is 10.5 Å². The van der Waals surface area contributed by atoms with Gasteiger partial charge in [0.05, 0.1) is 12.1 Å². The van der Waals surface area contributed by atoms with Gasteiger partial charge in [-0.1, -0.05) is 11.6 Å². The van der Waals surface area contributed by atoms with Crippen LogP contribution in [0.2, 0.25) is 0 Å². The SMILES string of the molecule is C#CCC(c1cccs1)C(C#N)(C#N)CC(=C)C. The summed E-state index contributed by atoms with van der Waals surface area (Å²) in [5, 5.41) is 20.8. The fourth-order valence-corrected chi connectivity index (χ4v) is 2.90. The largest absolute Gasteiger partial charge is 0.197 e. The van der Waals surface area contributed by atoms with Gasteiger partial charge in [0.1, 0.15) is 0 Å². The zero-order valence-corrected chi connectivity index (χ0v) is 11.1. The second-order valence-electron chi connectivity index (χ2n) is 4.31. The van der Waals surface area contributed by atoms with Crippen molar-refractivity contribution < 1.29 is 0 Å². The van der Waals surface area contributed by atoms with Crippen molar-refractivity contribution in [1.82, 2.24) is 0 Å². The Bertz CT molecular complexity index is 521. The molecule has 0 N–H and O–H groups in total. The molecule has 1 atom stereocenters. The van der Waals surface area contributed by atoms with Gasteiger partial charge in [-0.05, 0) is 18.4 Å². The lowest BCUT2D eigenvalue weighted by molar-refractivity contribution is 0.416. The molecular weight excluding hydrogens is 240 g/mol. The van der Waals surface area contributed by atoms with Crippen molar-refractivity contribution in [3.63, 3.8) is 0 Å². The fourth-order valence-electron chi connectivity index (χ4n) is 1.98. The average molecular weight is 254 g/mol. The van der Waals surface area contributed by atoms with Crippen LogP contribution in [-0.2, 0) is 0 Å². The number of nitrogens with zero attached hydrogens (tertiary/aromatic N) is 2. The van der Waals surface area contributed by atoms with Crippen molar-refractivity contribution in [3.8, 4) is 24.5 Å². The lowest BCUT2D eigenvalue weighted by Crippen LogP contribution is -2.25. The van der Waals surface area contributed by atoms with Gasteiger partial charge in [0.2, 0.25) is 0 Å². The Morgan fingerprint density at radius 2 is 2.22 bits per heavy atom. The fraction of sp³-hybridized carbons (Fsp3) is 0.333. The minimum absolute atomic E-state index is 0.255. The molecule has 0 aromatic carbocycles. The van der Waals surface area contributed by atoms with E-state index in [0.717, 1.165) is 10.5 Å². The average Bonchev–Trinajstić information content (AvgIpc) is 2.86. The van der Waals surface area contributed by atoms with Crippen LogP contribution < -0.4 is 0 Å². The number of terminal acetylenes is 1. The molecular formula is C15H14N2S. The maximum atomic E-state index is 9.44. The molecule has 0 amide bonds. The van der Waals surface area contributed by atoms with E-state index in [1.807, 2.05) is 24.4 Å². The molecule has 3 heteroatoms. The van der Waals surface area contributed by atoms with Crippen LogP contribution in [-0.4, -0.2) is 0 Å². The number of rotatable bonds is 5. The lowest BCUT2D eigenvalue weighted by Gasteiger charge is -2.27. The number of nitriles is 2. The Morgan fingerprint density at radius 3 is 2.61 bits per heavy atom. The lowest BCUT2D eigenvalue weighted by atomic mass is 9.71. The summed E-state index contributed by atoms with van der Waals surface area (Å²) in [7, 11) is 0. The molecule has 0 radical (unpaired) electrons. The van der Waals surface area contributed by atoms with Gasteiger partial charge in [-0.3, -0.25) is 0 Å². The summed E-state index contributed by atoms with van der Waals surface area (Å²) >= 11 is 1.53. The van der Waals surface area contributed by atoms with E-state index in [-0.39, 0.29) is 5.92 Å². The van der Waals surface area contributed by atoms with Crippen LogP contribution in [0.5, 0.6) is 0 Å². The molecule has 18 heavy (non-hydrogen) atoms. The minimum Gasteiger partial charge on any atom is -0.197 e. The molecule has 0 spiro atoms. The van der Waals surface area contributed by atoms with Gasteiger partial charge in [0.25, 0.3) is 0 Å². The van der Waals surface area contributed by atoms with E-state index in [0.29, 0.717) is 12.8 Å². The third-order valence-corrected chi connectivity index (χ3v) is 3.77. The van der Waals surface area contributed by atoms with E-state index in [2.05, 4.69) is 24.6 Å². The van der Waals surface area contributed by atoms with Crippen molar-refractivity contribution >= 4 is 11.3 Å². The molecule has 0 saturated heterocycles. The third kappa shape index (κ3) is 2.80. The van der Waals surface area contributed by atoms with E-state index in [1.165, 1.54) is 11.3 Å². The van der Waals surface area contributed by atoms with Gasteiger partial charge in [0.15, 0.2) is 5.41 Å². The van der Waals surface area contributed by atoms with E-state index >= 15 is 0 Å². The first-order valence-electron chi connectivity index (χ1n) is 5.53. The molecule has 0 aliphatic rings. The number of allylic oxidation sites excluding steroid dienone is 1. The highest BCUT2D eigenvalue weighted by atomic mass is 32.1. The summed E-state index contributed by atoms with van der Waals surface area (Å²) < 4.78 is 0. The van der Waals surface area contributed by atoms with Crippen molar-refractivity contribution in [2.24, 2.45) is 5.41 Å². The van der Waals surface area contributed by atoms with Crippen LogP contribution in [0.1, 0.15) is 30.6 Å². The highest BCUT2D eigenvalue weighted by Gasteiger charge is 2.40. The molecule has 0 aliphatic carbocycles. The molecule has 0 fully saturated rings. The molecule has 0 bridgehead atoms. The van der Waals surface area contributed by atoms with Gasteiger partial charge in [-0.15, -0.1) is 30.3 Å². The van der Waals surface area contributed by atoms with Crippen LogP contribution in [0.25, 0.3) is 0 Å². The minimum atomic E-state index is -1.12. The Morgan fingerprint density at radius 1 is 1.56 bits per heavy atom. The molecule has 1 unspecified atom stereocenters. The van der Waals surface area contributed by atoms with E-state index in [4.69, 9.17) is 6.42 Å². The Labute approximate surface area is 112 Å². The summed E-state index contributed by atoms with van der Waals surface area (Å²) in [4.78, 5) is 0.984. The third-order valence-electron chi connectivity index (χ3n) is 2.78. The van der Waals surface area contributed by atoms with Crippen LogP contribution in [0.15, 0.2) is 29.7 Å². The number of thiophene rings is 1. The molecule has 1 heterocycles. The summed E-state index contributed by atoms with van der Waals surface area (Å²) in [6.07, 6.45) is 6.12. The summed E-state index contributed by atoms with van der Waals surface area (Å²) in [6.45, 7) is 5.63. The normalized spacial score (nSPS) is 11.9. The second-order valence-corrected chi connectivity index (χ2v) is 5.28. The van der Waals surface area contributed by atoms with E-state index in [1.54, 1.807) is 0 Å². The standard InChI is InChI=1S/C15H14N2S/c1-4-6-13(14-7-5-8-18-14)15(10-16,11-17)9-12(2)3/h1,5,7-8,13H,2,6,9H2,3H3. The highest BCUT2D eigenvalue weighted by molar-refractivity contribution is 7.10. The van der Waals surface area contributed by atoms with Crippen molar-refractivity contribution in [2.45, 2.75) is 25.7 Å². The molecule has 0 saturated carbocycles. The molecule has 90 valence electrons. The van der Waals surface area contributed by atoms with Gasteiger partial charge < -0.3 is 0 Å². The summed E-state index contributed by atoms with van der Waals surface area (Å²) in [5.74, 6) is 2.32. The van der Waals surface area contributed by atoms with Gasteiger partial charge in [0, 0.05) is 23.6 Å². The topological polar surface area (TPSA) is 47.6 Å². The highest BCUT2D eigenvalue weighted by Crippen LogP contribution is 2.43. The van der Waals surface area contributed by atoms with Crippen LogP contribution in [0.3, 0.4) is 0 Å². The Balaban J connectivity index is 3.24. The number of hydrogen-bond donors (Lipinski definition) is 0. The van der Waals surface area contributed by atoms with E-state index < -0.39 is 5.41 Å². The van der Waals surface area contributed by atoms with Gasteiger partial charge in [-0.25, -0.2) is 0 Å². The van der Waals surface area contributed by atoms with Crippen molar-refractivity contribution in [2.75, 3.05) is 0 Å². The quantitative estimate of drug-likeness (QED) is 0.591. The zero-order chi connectivity index (χ0) is 13.6. The van der Waals surface area contributed by atoms with Crippen LogP contribution >= 0.6 is 11.3 Å². The van der Waals surface area contributed by atoms with Crippen LogP contribution in [0.4, 0.5) is 0 Å². The predicted octanol–water partition coefficient (Wildman–Crippen LogP) is 3.85. The molecule has 2 nitrogen and oxygen atoms in total. The van der Waals surface area contributed by atoms with E-state index in [9.17, 15) is 10.5 Å². The molecule has 1 rings (SSSR count). The summed E-state index contributed by atoms with van der Waals surface area (Å²) in [5.41, 5.74) is -0.306. The Hall–Kier alpha value is -2.02. The molecule has 1 aromatic heterocycles.